The largest absolute Gasteiger partial charge is 0.384 e. The summed E-state index contributed by atoms with van der Waals surface area (Å²) in [5.41, 5.74) is 6.40. The fourth-order valence-corrected chi connectivity index (χ4v) is 2.85. The second kappa shape index (κ2) is 5.81. The molecule has 1 aliphatic rings. The highest BCUT2D eigenvalue weighted by molar-refractivity contribution is 5.87. The highest BCUT2D eigenvalue weighted by Gasteiger charge is 2.20. The van der Waals surface area contributed by atoms with Crippen molar-refractivity contribution in [3.05, 3.63) is 18.5 Å². The van der Waals surface area contributed by atoms with Crippen molar-refractivity contribution in [3.63, 3.8) is 0 Å². The maximum Gasteiger partial charge on any atom is 0.166 e. The van der Waals surface area contributed by atoms with Gasteiger partial charge in [0.1, 0.15) is 18.0 Å². The minimum Gasteiger partial charge on any atom is -0.384 e. The zero-order chi connectivity index (χ0) is 14.8. The third kappa shape index (κ3) is 3.05. The smallest absolute Gasteiger partial charge is 0.166 e. The number of nitrogen functional groups attached to an aromatic ring is 1. The average Bonchev–Trinajstić information content (AvgIpc) is 2.46. The molecule has 0 saturated carbocycles. The maximum atomic E-state index is 5.73. The zero-order valence-electron chi connectivity index (χ0n) is 12.7. The van der Waals surface area contributed by atoms with Crippen molar-refractivity contribution in [2.75, 3.05) is 43.4 Å². The normalized spacial score (nSPS) is 16.8. The van der Waals surface area contributed by atoms with Gasteiger partial charge < -0.3 is 10.6 Å². The summed E-state index contributed by atoms with van der Waals surface area (Å²) >= 11 is 0. The van der Waals surface area contributed by atoms with Crippen molar-refractivity contribution in [2.24, 2.45) is 5.92 Å². The molecule has 1 saturated heterocycles. The Labute approximate surface area is 125 Å². The van der Waals surface area contributed by atoms with Crippen LogP contribution in [-0.2, 0) is 0 Å². The number of aromatic nitrogens is 3. The lowest BCUT2D eigenvalue weighted by Crippen LogP contribution is -2.47. The van der Waals surface area contributed by atoms with Crippen molar-refractivity contribution in [1.82, 2.24) is 19.9 Å². The van der Waals surface area contributed by atoms with Crippen LogP contribution in [0.1, 0.15) is 13.8 Å². The van der Waals surface area contributed by atoms with Gasteiger partial charge in [0.2, 0.25) is 0 Å². The molecule has 0 atom stereocenters. The van der Waals surface area contributed by atoms with Crippen molar-refractivity contribution in [2.45, 2.75) is 13.8 Å². The Morgan fingerprint density at radius 2 is 1.90 bits per heavy atom. The van der Waals surface area contributed by atoms with E-state index in [2.05, 4.69) is 38.6 Å². The van der Waals surface area contributed by atoms with E-state index in [1.807, 2.05) is 12.1 Å². The number of nitrogens with zero attached hydrogens (tertiary/aromatic N) is 5. The van der Waals surface area contributed by atoms with Crippen molar-refractivity contribution >= 4 is 22.7 Å². The van der Waals surface area contributed by atoms with E-state index in [1.54, 1.807) is 6.33 Å². The Bertz CT molecular complexity index is 619. The molecule has 0 amide bonds. The van der Waals surface area contributed by atoms with E-state index in [0.717, 1.165) is 43.9 Å². The van der Waals surface area contributed by atoms with Crippen LogP contribution < -0.4 is 10.6 Å². The number of pyridine rings is 1. The zero-order valence-corrected chi connectivity index (χ0v) is 12.7. The van der Waals surface area contributed by atoms with Gasteiger partial charge in [-0.2, -0.15) is 0 Å². The molecule has 0 aromatic carbocycles. The second-order valence-corrected chi connectivity index (χ2v) is 5.99. The van der Waals surface area contributed by atoms with Crippen LogP contribution in [0.5, 0.6) is 0 Å². The molecule has 6 heteroatoms. The Morgan fingerprint density at radius 1 is 1.14 bits per heavy atom. The van der Waals surface area contributed by atoms with Gasteiger partial charge in [-0.25, -0.2) is 15.0 Å². The van der Waals surface area contributed by atoms with E-state index in [-0.39, 0.29) is 0 Å². The van der Waals surface area contributed by atoms with Crippen molar-refractivity contribution in [1.29, 1.82) is 0 Å². The number of fused-ring (bicyclic) bond motifs is 1. The van der Waals surface area contributed by atoms with Crippen LogP contribution in [0, 0.1) is 5.92 Å². The number of rotatable bonds is 3. The van der Waals surface area contributed by atoms with Crippen molar-refractivity contribution < 1.29 is 0 Å². The third-order valence-electron chi connectivity index (χ3n) is 3.79. The summed E-state index contributed by atoms with van der Waals surface area (Å²) in [7, 11) is 0. The molecule has 3 rings (SSSR count). The first-order chi connectivity index (χ1) is 10.1. The van der Waals surface area contributed by atoms with Crippen LogP contribution in [0.2, 0.25) is 0 Å². The van der Waals surface area contributed by atoms with Gasteiger partial charge in [0.25, 0.3) is 0 Å². The van der Waals surface area contributed by atoms with Gasteiger partial charge >= 0.3 is 0 Å². The summed E-state index contributed by atoms with van der Waals surface area (Å²) < 4.78 is 0. The lowest BCUT2D eigenvalue weighted by molar-refractivity contribution is 0.231. The van der Waals surface area contributed by atoms with Gasteiger partial charge in [-0.1, -0.05) is 13.8 Å². The molecule has 2 N–H and O–H groups in total. The Kier molecular flexibility index (Phi) is 3.88. The molecule has 2 aromatic heterocycles. The van der Waals surface area contributed by atoms with Crippen LogP contribution in [0.4, 0.5) is 11.6 Å². The summed E-state index contributed by atoms with van der Waals surface area (Å²) in [5.74, 6) is 2.18. The Hall–Kier alpha value is -1.95. The van der Waals surface area contributed by atoms with E-state index in [1.165, 1.54) is 0 Å². The van der Waals surface area contributed by atoms with Gasteiger partial charge in [0.05, 0.1) is 5.39 Å². The number of anilines is 2. The Balaban J connectivity index is 1.79. The molecule has 3 heterocycles. The monoisotopic (exact) mass is 286 g/mol. The van der Waals surface area contributed by atoms with Crippen LogP contribution in [0.25, 0.3) is 11.0 Å². The summed E-state index contributed by atoms with van der Waals surface area (Å²) in [6, 6.07) is 3.78. The van der Waals surface area contributed by atoms with Crippen molar-refractivity contribution in [3.8, 4) is 0 Å². The molecule has 0 aliphatic carbocycles. The number of nitrogens with two attached hydrogens (primary N) is 1. The molecular weight excluding hydrogens is 264 g/mol. The molecule has 112 valence electrons. The van der Waals surface area contributed by atoms with Crippen LogP contribution in [0.15, 0.2) is 18.5 Å². The van der Waals surface area contributed by atoms with Gasteiger partial charge in [-0.05, 0) is 18.1 Å². The topological polar surface area (TPSA) is 71.2 Å². The quantitative estimate of drug-likeness (QED) is 0.919. The maximum absolute atomic E-state index is 5.73. The lowest BCUT2D eigenvalue weighted by Gasteiger charge is -2.36. The fourth-order valence-electron chi connectivity index (χ4n) is 2.85. The molecule has 0 radical (unpaired) electrons. The van der Waals surface area contributed by atoms with Gasteiger partial charge in [0, 0.05) is 32.7 Å². The first-order valence-corrected chi connectivity index (χ1v) is 7.48. The minimum atomic E-state index is 0.494. The summed E-state index contributed by atoms with van der Waals surface area (Å²) in [6.07, 6.45) is 1.57. The van der Waals surface area contributed by atoms with Gasteiger partial charge in [-0.3, -0.25) is 4.90 Å². The van der Waals surface area contributed by atoms with E-state index in [4.69, 9.17) is 5.73 Å². The SMILES string of the molecule is CC(C)CN1CCN(c2ncnc3nc(N)ccc23)CC1. The van der Waals surface area contributed by atoms with E-state index >= 15 is 0 Å². The lowest BCUT2D eigenvalue weighted by atomic mass is 10.2. The first kappa shape index (κ1) is 14.0. The number of piperazine rings is 1. The van der Waals surface area contributed by atoms with E-state index < -0.39 is 0 Å². The molecule has 1 fully saturated rings. The molecule has 2 aromatic rings. The minimum absolute atomic E-state index is 0.494. The van der Waals surface area contributed by atoms with Crippen LogP contribution in [-0.4, -0.2) is 52.6 Å². The standard InChI is InChI=1S/C15H22N6/c1-11(2)9-20-5-7-21(8-6-20)15-12-3-4-13(16)19-14(12)17-10-18-15/h3-4,10-11H,5-9H2,1-2H3,(H2,16,17,18,19). The molecule has 6 nitrogen and oxygen atoms in total. The van der Waals surface area contributed by atoms with Gasteiger partial charge in [0.15, 0.2) is 5.65 Å². The molecule has 21 heavy (non-hydrogen) atoms. The number of hydrogen-bond donors (Lipinski definition) is 1. The second-order valence-electron chi connectivity index (χ2n) is 5.99. The molecule has 0 unspecified atom stereocenters. The first-order valence-electron chi connectivity index (χ1n) is 7.48. The molecule has 0 spiro atoms. The predicted molar refractivity (Wildman–Crippen MR) is 85.2 cm³/mol. The summed E-state index contributed by atoms with van der Waals surface area (Å²) in [6.45, 7) is 9.82. The third-order valence-corrected chi connectivity index (χ3v) is 3.79. The molecule has 0 bridgehead atoms. The average molecular weight is 286 g/mol. The number of hydrogen-bond acceptors (Lipinski definition) is 6. The highest BCUT2D eigenvalue weighted by atomic mass is 15.3. The Morgan fingerprint density at radius 3 is 2.62 bits per heavy atom. The van der Waals surface area contributed by atoms with Gasteiger partial charge in [-0.15, -0.1) is 0 Å². The van der Waals surface area contributed by atoms with Crippen LogP contribution in [0.3, 0.4) is 0 Å². The molecule has 1 aliphatic heterocycles. The summed E-state index contributed by atoms with van der Waals surface area (Å²) in [5, 5.41) is 0.976. The fraction of sp³-hybridized carbons (Fsp3) is 0.533. The van der Waals surface area contributed by atoms with E-state index in [9.17, 15) is 0 Å². The van der Waals surface area contributed by atoms with Crippen LogP contribution >= 0.6 is 0 Å². The highest BCUT2D eigenvalue weighted by Crippen LogP contribution is 2.23. The predicted octanol–water partition coefficient (Wildman–Crippen LogP) is 1.39. The summed E-state index contributed by atoms with van der Waals surface area (Å²) in [4.78, 5) is 17.8. The van der Waals surface area contributed by atoms with E-state index in [0.29, 0.717) is 17.4 Å². The molecular formula is C15H22N6.